The van der Waals surface area contributed by atoms with Gasteiger partial charge in [0, 0.05) is 17.8 Å². The summed E-state index contributed by atoms with van der Waals surface area (Å²) < 4.78 is 18.8. The molecule has 2 aromatic rings. The summed E-state index contributed by atoms with van der Waals surface area (Å²) in [5, 5.41) is 11.1. The molecule has 2 aromatic carbocycles. The third-order valence-corrected chi connectivity index (χ3v) is 4.07. The zero-order chi connectivity index (χ0) is 20.3. The third kappa shape index (κ3) is 4.35. The molecule has 0 saturated carbocycles. The van der Waals surface area contributed by atoms with Crippen LogP contribution in [0.3, 0.4) is 0 Å². The number of halogens is 1. The Hall–Kier alpha value is -3.68. The molecule has 0 saturated heterocycles. The summed E-state index contributed by atoms with van der Waals surface area (Å²) >= 11 is 0. The molecule has 0 fully saturated rings. The molecule has 0 aromatic heterocycles. The molecule has 8 heteroatoms. The first-order valence-electron chi connectivity index (χ1n) is 8.42. The molecule has 2 N–H and O–H groups in total. The van der Waals surface area contributed by atoms with Gasteiger partial charge in [-0.1, -0.05) is 12.1 Å². The smallest absolute Gasteiger partial charge is 0.328 e. The van der Waals surface area contributed by atoms with Gasteiger partial charge in [-0.3, -0.25) is 9.59 Å². The lowest BCUT2D eigenvalue weighted by atomic mass is 10.1. The third-order valence-electron chi connectivity index (χ3n) is 4.07. The van der Waals surface area contributed by atoms with Crippen LogP contribution < -0.4 is 15.0 Å². The molecule has 28 heavy (non-hydrogen) atoms. The van der Waals surface area contributed by atoms with Crippen molar-refractivity contribution in [3.05, 3.63) is 66.0 Å². The monoisotopic (exact) mass is 384 g/mol. The van der Waals surface area contributed by atoms with Gasteiger partial charge >= 0.3 is 5.97 Å². The van der Waals surface area contributed by atoms with Crippen molar-refractivity contribution >= 4 is 29.2 Å². The maximum Gasteiger partial charge on any atom is 0.328 e. The zero-order valence-corrected chi connectivity index (χ0v) is 14.9. The van der Waals surface area contributed by atoms with Crippen molar-refractivity contribution in [1.29, 1.82) is 0 Å². The number of aliphatic carboxylic acids is 1. The second-order valence-corrected chi connectivity index (χ2v) is 6.15. The predicted octanol–water partition coefficient (Wildman–Crippen LogP) is 2.72. The van der Waals surface area contributed by atoms with E-state index in [1.54, 1.807) is 37.3 Å². The van der Waals surface area contributed by atoms with Crippen molar-refractivity contribution in [2.24, 2.45) is 0 Å². The van der Waals surface area contributed by atoms with Gasteiger partial charge in [-0.25, -0.2) is 9.18 Å². The molecular formula is C20H17FN2O5. The topological polar surface area (TPSA) is 95.9 Å². The standard InChI is InChI=1S/C20H17FN2O5/c1-12-20(27)23(11-13-2-4-14(21)5-3-13)16-10-15(6-7-17(16)28-12)22-18(24)8-9-19(25)26/h2-10,12H,11H2,1H3,(H,22,24)(H,25,26)/b9-8+. The lowest BCUT2D eigenvalue weighted by molar-refractivity contribution is -0.131. The Kier molecular flexibility index (Phi) is 5.39. The van der Waals surface area contributed by atoms with Crippen molar-refractivity contribution in [3.63, 3.8) is 0 Å². The molecule has 3 rings (SSSR count). The van der Waals surface area contributed by atoms with E-state index < -0.39 is 18.0 Å². The lowest BCUT2D eigenvalue weighted by Crippen LogP contribution is -2.44. The highest BCUT2D eigenvalue weighted by Crippen LogP contribution is 2.37. The Bertz CT molecular complexity index is 956. The average molecular weight is 384 g/mol. The SMILES string of the molecule is CC1Oc2ccc(NC(=O)/C=C/C(=O)O)cc2N(Cc2ccc(F)cc2)C1=O. The number of carbonyl (C=O) groups is 3. The maximum absolute atomic E-state index is 13.1. The number of carbonyl (C=O) groups excluding carboxylic acids is 2. The summed E-state index contributed by atoms with van der Waals surface area (Å²) in [4.78, 5) is 36.4. The predicted molar refractivity (Wildman–Crippen MR) is 99.5 cm³/mol. The molecule has 0 spiro atoms. The van der Waals surface area contributed by atoms with Gasteiger partial charge in [0.2, 0.25) is 5.91 Å². The van der Waals surface area contributed by atoms with Crippen LogP contribution in [-0.4, -0.2) is 29.0 Å². The van der Waals surface area contributed by atoms with Crippen molar-refractivity contribution in [3.8, 4) is 5.75 Å². The molecule has 0 aliphatic carbocycles. The van der Waals surface area contributed by atoms with Crippen molar-refractivity contribution in [1.82, 2.24) is 0 Å². The second kappa shape index (κ2) is 7.91. The molecule has 1 heterocycles. The van der Waals surface area contributed by atoms with Crippen LogP contribution in [-0.2, 0) is 20.9 Å². The fraction of sp³-hybridized carbons (Fsp3) is 0.150. The highest BCUT2D eigenvalue weighted by molar-refractivity contribution is 6.04. The van der Waals surface area contributed by atoms with Crippen LogP contribution in [0.4, 0.5) is 15.8 Å². The van der Waals surface area contributed by atoms with Crippen molar-refractivity contribution in [2.75, 3.05) is 10.2 Å². The Morgan fingerprint density at radius 1 is 1.21 bits per heavy atom. The Morgan fingerprint density at radius 3 is 2.61 bits per heavy atom. The summed E-state index contributed by atoms with van der Waals surface area (Å²) in [7, 11) is 0. The Balaban J connectivity index is 1.88. The van der Waals surface area contributed by atoms with Crippen LogP contribution in [0.25, 0.3) is 0 Å². The minimum atomic E-state index is -1.24. The number of amides is 2. The minimum Gasteiger partial charge on any atom is -0.479 e. The van der Waals surface area contributed by atoms with Gasteiger partial charge < -0.3 is 20.1 Å². The van der Waals surface area contributed by atoms with Crippen LogP contribution in [0.15, 0.2) is 54.6 Å². The van der Waals surface area contributed by atoms with Crippen LogP contribution >= 0.6 is 0 Å². The number of nitrogens with one attached hydrogen (secondary N) is 1. The largest absolute Gasteiger partial charge is 0.479 e. The molecule has 1 aliphatic heterocycles. The van der Waals surface area contributed by atoms with E-state index in [0.29, 0.717) is 17.1 Å². The van der Waals surface area contributed by atoms with E-state index in [1.165, 1.54) is 17.0 Å². The summed E-state index contributed by atoms with van der Waals surface area (Å²) in [6, 6.07) is 10.6. The fourth-order valence-corrected chi connectivity index (χ4v) is 2.75. The first kappa shape index (κ1) is 19.1. The molecule has 1 atom stereocenters. The first-order valence-corrected chi connectivity index (χ1v) is 8.42. The highest BCUT2D eigenvalue weighted by Gasteiger charge is 2.31. The fourth-order valence-electron chi connectivity index (χ4n) is 2.75. The molecule has 144 valence electrons. The number of carboxylic acid groups (broad SMARTS) is 1. The van der Waals surface area contributed by atoms with Gasteiger partial charge in [-0.05, 0) is 42.8 Å². The zero-order valence-electron chi connectivity index (χ0n) is 14.9. The van der Waals surface area contributed by atoms with Crippen molar-refractivity contribution in [2.45, 2.75) is 19.6 Å². The second-order valence-electron chi connectivity index (χ2n) is 6.15. The molecule has 1 aliphatic rings. The summed E-state index contributed by atoms with van der Waals surface area (Å²) in [5.41, 5.74) is 1.55. The number of benzene rings is 2. The lowest BCUT2D eigenvalue weighted by Gasteiger charge is -2.33. The van der Waals surface area contributed by atoms with Gasteiger partial charge in [-0.2, -0.15) is 0 Å². The number of hydrogen-bond acceptors (Lipinski definition) is 4. The van der Waals surface area contributed by atoms with Gasteiger partial charge in [0.05, 0.1) is 12.2 Å². The molecular weight excluding hydrogens is 367 g/mol. The molecule has 0 bridgehead atoms. The number of hydrogen-bond donors (Lipinski definition) is 2. The Morgan fingerprint density at radius 2 is 1.93 bits per heavy atom. The van der Waals surface area contributed by atoms with E-state index >= 15 is 0 Å². The minimum absolute atomic E-state index is 0.204. The number of ether oxygens (including phenoxy) is 1. The number of nitrogens with zero attached hydrogens (tertiary/aromatic N) is 1. The van der Waals surface area contributed by atoms with Crippen LogP contribution in [0.5, 0.6) is 5.75 Å². The Labute approximate surface area is 160 Å². The van der Waals surface area contributed by atoms with E-state index in [1.807, 2.05) is 0 Å². The van der Waals surface area contributed by atoms with Crippen LogP contribution in [0.2, 0.25) is 0 Å². The van der Waals surface area contributed by atoms with E-state index in [-0.39, 0.29) is 18.3 Å². The number of fused-ring (bicyclic) bond motifs is 1. The van der Waals surface area contributed by atoms with Gasteiger partial charge in [-0.15, -0.1) is 0 Å². The van der Waals surface area contributed by atoms with Gasteiger partial charge in [0.25, 0.3) is 5.91 Å². The van der Waals surface area contributed by atoms with Gasteiger partial charge in [0.1, 0.15) is 11.6 Å². The summed E-state index contributed by atoms with van der Waals surface area (Å²) in [6.07, 6.45) is 0.928. The van der Waals surface area contributed by atoms with Crippen LogP contribution in [0.1, 0.15) is 12.5 Å². The molecule has 0 radical (unpaired) electrons. The van der Waals surface area contributed by atoms with E-state index in [4.69, 9.17) is 9.84 Å². The van der Waals surface area contributed by atoms with Gasteiger partial charge in [0.15, 0.2) is 6.10 Å². The maximum atomic E-state index is 13.1. The normalized spacial score (nSPS) is 15.9. The summed E-state index contributed by atoms with van der Waals surface area (Å²) in [6.45, 7) is 1.84. The number of rotatable bonds is 5. The first-order chi connectivity index (χ1) is 13.3. The highest BCUT2D eigenvalue weighted by atomic mass is 19.1. The van der Waals surface area contributed by atoms with E-state index in [0.717, 1.165) is 17.7 Å². The van der Waals surface area contributed by atoms with E-state index in [2.05, 4.69) is 5.32 Å². The average Bonchev–Trinajstić information content (AvgIpc) is 2.66. The number of anilines is 2. The number of carboxylic acids is 1. The van der Waals surface area contributed by atoms with Crippen molar-refractivity contribution < 1.29 is 28.6 Å². The quantitative estimate of drug-likeness (QED) is 0.773. The summed E-state index contributed by atoms with van der Waals surface area (Å²) in [5.74, 6) is -2.03. The molecule has 1 unspecified atom stereocenters. The molecule has 2 amide bonds. The van der Waals surface area contributed by atoms with Crippen LogP contribution in [0, 0.1) is 5.82 Å². The molecule has 7 nitrogen and oxygen atoms in total. The van der Waals surface area contributed by atoms with E-state index in [9.17, 15) is 18.8 Å².